The highest BCUT2D eigenvalue weighted by atomic mass is 32.1. The van der Waals surface area contributed by atoms with Crippen LogP contribution in [-0.2, 0) is 6.42 Å². The van der Waals surface area contributed by atoms with Crippen LogP contribution < -0.4 is 16.8 Å². The number of amides is 1. The summed E-state index contributed by atoms with van der Waals surface area (Å²) in [5.41, 5.74) is 11.6. The third-order valence-corrected chi connectivity index (χ3v) is 3.35. The number of aromatic nitrogens is 1. The lowest BCUT2D eigenvalue weighted by atomic mass is 10.2. The van der Waals surface area contributed by atoms with Crippen molar-refractivity contribution < 1.29 is 4.79 Å². The van der Waals surface area contributed by atoms with E-state index in [1.54, 1.807) is 11.3 Å². The van der Waals surface area contributed by atoms with E-state index in [9.17, 15) is 4.79 Å². The number of hydrogen-bond acceptors (Lipinski definition) is 5. The Bertz CT molecular complexity index is 539. The molecule has 0 aliphatic heterocycles. The number of anilines is 2. The van der Waals surface area contributed by atoms with Crippen LogP contribution in [0, 0.1) is 0 Å². The van der Waals surface area contributed by atoms with E-state index < -0.39 is 5.91 Å². The van der Waals surface area contributed by atoms with Crippen LogP contribution in [0.3, 0.4) is 0 Å². The van der Waals surface area contributed by atoms with Gasteiger partial charge in [0.15, 0.2) is 0 Å². The Hall–Kier alpha value is -2.08. The fourth-order valence-electron chi connectivity index (χ4n) is 1.57. The van der Waals surface area contributed by atoms with Gasteiger partial charge in [-0.25, -0.2) is 4.98 Å². The van der Waals surface area contributed by atoms with Crippen LogP contribution in [-0.4, -0.2) is 17.4 Å². The minimum atomic E-state index is -0.534. The molecule has 2 heterocycles. The van der Waals surface area contributed by atoms with Crippen LogP contribution >= 0.6 is 11.3 Å². The van der Waals surface area contributed by atoms with E-state index in [-0.39, 0.29) is 0 Å². The van der Waals surface area contributed by atoms with Gasteiger partial charge < -0.3 is 16.8 Å². The second kappa shape index (κ2) is 5.50. The first kappa shape index (κ1) is 12.4. The van der Waals surface area contributed by atoms with E-state index in [2.05, 4.69) is 16.4 Å². The molecule has 0 fully saturated rings. The number of rotatable bonds is 5. The molecular weight excluding hydrogens is 248 g/mol. The summed E-state index contributed by atoms with van der Waals surface area (Å²) in [7, 11) is 0. The Morgan fingerprint density at radius 2 is 2.33 bits per heavy atom. The average Bonchev–Trinajstić information content (AvgIpc) is 2.84. The normalized spacial score (nSPS) is 10.2. The maximum atomic E-state index is 11.3. The fraction of sp³-hybridized carbons (Fsp3) is 0.167. The molecule has 2 aromatic rings. The van der Waals surface area contributed by atoms with Gasteiger partial charge in [-0.1, -0.05) is 6.07 Å². The number of nitrogen functional groups attached to an aromatic ring is 1. The molecule has 6 heteroatoms. The number of nitrogens with zero attached hydrogens (tertiary/aromatic N) is 1. The summed E-state index contributed by atoms with van der Waals surface area (Å²) in [6.07, 6.45) is 2.38. The molecule has 0 radical (unpaired) electrons. The zero-order chi connectivity index (χ0) is 13.0. The molecule has 0 aliphatic carbocycles. The van der Waals surface area contributed by atoms with Gasteiger partial charge in [0.1, 0.15) is 5.82 Å². The topological polar surface area (TPSA) is 94.0 Å². The lowest BCUT2D eigenvalue weighted by Gasteiger charge is -2.08. The van der Waals surface area contributed by atoms with Gasteiger partial charge >= 0.3 is 0 Å². The number of hydrogen-bond donors (Lipinski definition) is 3. The van der Waals surface area contributed by atoms with Crippen LogP contribution in [0.5, 0.6) is 0 Å². The van der Waals surface area contributed by atoms with Crippen molar-refractivity contribution in [2.75, 3.05) is 17.6 Å². The predicted molar refractivity (Wildman–Crippen MR) is 73.7 cm³/mol. The maximum Gasteiger partial charge on any atom is 0.252 e. The quantitative estimate of drug-likeness (QED) is 0.760. The summed E-state index contributed by atoms with van der Waals surface area (Å²) in [6, 6.07) is 5.61. The smallest absolute Gasteiger partial charge is 0.252 e. The number of carbonyl (C=O) groups is 1. The summed E-state index contributed by atoms with van der Waals surface area (Å²) >= 11 is 1.70. The molecule has 0 bridgehead atoms. The van der Waals surface area contributed by atoms with Crippen molar-refractivity contribution in [3.05, 3.63) is 40.2 Å². The van der Waals surface area contributed by atoms with E-state index in [0.29, 0.717) is 23.6 Å². The second-order valence-electron chi connectivity index (χ2n) is 3.79. The molecule has 0 unspecified atom stereocenters. The highest BCUT2D eigenvalue weighted by Gasteiger charge is 2.09. The molecule has 0 aromatic carbocycles. The van der Waals surface area contributed by atoms with E-state index in [4.69, 9.17) is 11.5 Å². The highest BCUT2D eigenvalue weighted by Crippen LogP contribution is 2.15. The lowest BCUT2D eigenvalue weighted by Crippen LogP contribution is -2.17. The Labute approximate surface area is 109 Å². The zero-order valence-electron chi connectivity index (χ0n) is 9.72. The van der Waals surface area contributed by atoms with Crippen molar-refractivity contribution in [3.63, 3.8) is 0 Å². The number of thiophene rings is 1. The van der Waals surface area contributed by atoms with Crippen LogP contribution in [0.15, 0.2) is 29.8 Å². The standard InChI is InChI=1S/C12H14N4OS/c13-8-6-10(11(14)17)12(16-7-8)15-4-3-9-2-1-5-18-9/h1-2,5-7H,3-4,13H2,(H2,14,17)(H,15,16). The van der Waals surface area contributed by atoms with E-state index >= 15 is 0 Å². The predicted octanol–water partition coefficient (Wildman–Crippen LogP) is 1.48. The molecule has 0 spiro atoms. The summed E-state index contributed by atoms with van der Waals surface area (Å²) in [5, 5.41) is 5.13. The Balaban J connectivity index is 2.02. The van der Waals surface area contributed by atoms with Gasteiger partial charge in [-0.2, -0.15) is 0 Å². The molecule has 2 aromatic heterocycles. The van der Waals surface area contributed by atoms with Crippen molar-refractivity contribution in [2.24, 2.45) is 5.73 Å². The first-order chi connectivity index (χ1) is 8.66. The maximum absolute atomic E-state index is 11.3. The molecule has 0 aliphatic rings. The minimum Gasteiger partial charge on any atom is -0.397 e. The summed E-state index contributed by atoms with van der Waals surface area (Å²) in [6.45, 7) is 0.692. The molecule has 0 saturated carbocycles. The molecule has 5 N–H and O–H groups in total. The minimum absolute atomic E-state index is 0.321. The van der Waals surface area contributed by atoms with Crippen molar-refractivity contribution >= 4 is 28.7 Å². The third kappa shape index (κ3) is 2.98. The first-order valence-corrected chi connectivity index (χ1v) is 6.36. The number of nitrogens with one attached hydrogen (secondary N) is 1. The molecular formula is C12H14N4OS. The highest BCUT2D eigenvalue weighted by molar-refractivity contribution is 7.09. The van der Waals surface area contributed by atoms with Gasteiger partial charge in [0, 0.05) is 11.4 Å². The zero-order valence-corrected chi connectivity index (χ0v) is 10.5. The summed E-state index contributed by atoms with van der Waals surface area (Å²) in [5.74, 6) is -0.0540. The van der Waals surface area contributed by atoms with E-state index in [0.717, 1.165) is 6.42 Å². The molecule has 18 heavy (non-hydrogen) atoms. The van der Waals surface area contributed by atoms with Crippen LogP contribution in [0.25, 0.3) is 0 Å². The van der Waals surface area contributed by atoms with Crippen molar-refractivity contribution in [3.8, 4) is 0 Å². The number of nitrogens with two attached hydrogens (primary N) is 2. The molecule has 1 amide bonds. The SMILES string of the molecule is NC(=O)c1cc(N)cnc1NCCc1cccs1. The van der Waals surface area contributed by atoms with Crippen LogP contribution in [0.2, 0.25) is 0 Å². The van der Waals surface area contributed by atoms with Gasteiger partial charge in [-0.3, -0.25) is 4.79 Å². The number of carbonyl (C=O) groups excluding carboxylic acids is 1. The van der Waals surface area contributed by atoms with Gasteiger partial charge in [-0.15, -0.1) is 11.3 Å². The van der Waals surface area contributed by atoms with Crippen molar-refractivity contribution in [1.29, 1.82) is 0 Å². The molecule has 0 atom stereocenters. The third-order valence-electron chi connectivity index (χ3n) is 2.42. The van der Waals surface area contributed by atoms with Gasteiger partial charge in [0.05, 0.1) is 17.4 Å². The van der Waals surface area contributed by atoms with Gasteiger partial charge in [0.2, 0.25) is 0 Å². The molecule has 5 nitrogen and oxygen atoms in total. The molecule has 2 rings (SSSR count). The van der Waals surface area contributed by atoms with Crippen molar-refractivity contribution in [1.82, 2.24) is 4.98 Å². The lowest BCUT2D eigenvalue weighted by molar-refractivity contribution is 0.100. The monoisotopic (exact) mass is 262 g/mol. The fourth-order valence-corrected chi connectivity index (χ4v) is 2.28. The largest absolute Gasteiger partial charge is 0.397 e. The summed E-state index contributed by atoms with van der Waals surface area (Å²) in [4.78, 5) is 16.6. The Morgan fingerprint density at radius 3 is 3.00 bits per heavy atom. The Morgan fingerprint density at radius 1 is 1.50 bits per heavy atom. The van der Waals surface area contributed by atoms with E-state index in [1.165, 1.54) is 17.1 Å². The van der Waals surface area contributed by atoms with Crippen LogP contribution in [0.4, 0.5) is 11.5 Å². The molecule has 94 valence electrons. The first-order valence-electron chi connectivity index (χ1n) is 5.48. The van der Waals surface area contributed by atoms with Gasteiger partial charge in [0.25, 0.3) is 5.91 Å². The summed E-state index contributed by atoms with van der Waals surface area (Å²) < 4.78 is 0. The molecule has 0 saturated heterocycles. The Kier molecular flexibility index (Phi) is 3.78. The van der Waals surface area contributed by atoms with Gasteiger partial charge in [-0.05, 0) is 23.9 Å². The second-order valence-corrected chi connectivity index (χ2v) is 4.82. The van der Waals surface area contributed by atoms with Crippen molar-refractivity contribution in [2.45, 2.75) is 6.42 Å². The van der Waals surface area contributed by atoms with E-state index in [1.807, 2.05) is 11.4 Å². The number of primary amides is 1. The average molecular weight is 262 g/mol. The van der Waals surface area contributed by atoms with Crippen LogP contribution in [0.1, 0.15) is 15.2 Å². The number of pyridine rings is 1.